The van der Waals surface area contributed by atoms with Crippen LogP contribution in [0.1, 0.15) is 79.8 Å². The molecule has 0 radical (unpaired) electrons. The number of ether oxygens (including phenoxy) is 4. The molecule has 2 aliphatic heterocycles. The number of rotatable bonds is 25. The highest BCUT2D eigenvalue weighted by Crippen LogP contribution is 2.66. The SMILES string of the molecule is CCN=c1cc2oc3cc(NCC)c(C)cc3c(-c3cc(C(=O)NCCOc4ccc(C(=O)OCC#Cc5cn([C@H]6CC(OCN=[N+]=[N-])[C@@H](COP(=O)(O)OP(=O)(O)OP(=O)(O)O)O6)c(=O)[nH]c5=O)c(CN=[N+]=[N-])c4)ccc3C(=O)O)c-2cc1C. The van der Waals surface area contributed by atoms with Crippen molar-refractivity contribution in [2.75, 3.05) is 51.5 Å². The number of aromatic amines is 1. The van der Waals surface area contributed by atoms with E-state index in [1.165, 1.54) is 36.4 Å². The van der Waals surface area contributed by atoms with Gasteiger partial charge in [0.15, 0.2) is 6.61 Å². The number of aromatic nitrogens is 2. The minimum absolute atomic E-state index is 0.0435. The normalized spacial score (nSPS) is 16.5. The molecule has 7 rings (SSSR count). The lowest BCUT2D eigenvalue weighted by Crippen LogP contribution is -2.33. The third kappa shape index (κ3) is 16.7. The first kappa shape index (κ1) is 64.1. The number of hydrogen-bond acceptors (Lipinski definition) is 20. The van der Waals surface area contributed by atoms with Crippen molar-refractivity contribution in [2.24, 2.45) is 15.2 Å². The average molecular weight is 1240 g/mol. The zero-order valence-electron chi connectivity index (χ0n) is 45.1. The van der Waals surface area contributed by atoms with Gasteiger partial charge >= 0.3 is 41.1 Å². The second-order valence-corrected chi connectivity index (χ2v) is 22.5. The number of amides is 1. The molecule has 1 aliphatic carbocycles. The first-order valence-corrected chi connectivity index (χ1v) is 29.6. The number of nitrogens with one attached hydrogen (secondary N) is 3. The maximum Gasteiger partial charge on any atom is 0.490 e. The van der Waals surface area contributed by atoms with Gasteiger partial charge in [-0.3, -0.25) is 28.7 Å². The van der Waals surface area contributed by atoms with E-state index >= 15 is 0 Å². The minimum atomic E-state index is -5.88. The van der Waals surface area contributed by atoms with Crippen LogP contribution in [0.3, 0.4) is 0 Å². The Hall–Kier alpha value is -8.45. The third-order valence-corrected chi connectivity index (χ3v) is 16.1. The Morgan fingerprint density at radius 1 is 0.918 bits per heavy atom. The molecule has 8 N–H and O–H groups in total. The van der Waals surface area contributed by atoms with Crippen molar-refractivity contribution in [3.63, 3.8) is 0 Å². The first-order valence-electron chi connectivity index (χ1n) is 25.1. The number of azide groups is 2. The van der Waals surface area contributed by atoms with Gasteiger partial charge in [0.05, 0.1) is 42.3 Å². The van der Waals surface area contributed by atoms with Crippen molar-refractivity contribution in [3.05, 3.63) is 153 Å². The van der Waals surface area contributed by atoms with Gasteiger partial charge in [-0.15, -0.1) is 0 Å². The number of esters is 1. The number of hydrogen-bond donors (Lipinski definition) is 8. The lowest BCUT2D eigenvalue weighted by molar-refractivity contribution is -0.0601. The highest BCUT2D eigenvalue weighted by Gasteiger charge is 2.44. The predicted octanol–water partition coefficient (Wildman–Crippen LogP) is 6.83. The van der Waals surface area contributed by atoms with E-state index in [-0.39, 0.29) is 65.2 Å². The van der Waals surface area contributed by atoms with Crippen LogP contribution in [0.4, 0.5) is 5.69 Å². The van der Waals surface area contributed by atoms with Crippen LogP contribution in [0.15, 0.2) is 96.1 Å². The fourth-order valence-electron chi connectivity index (χ4n) is 8.73. The lowest BCUT2D eigenvalue weighted by Gasteiger charge is -2.20. The van der Waals surface area contributed by atoms with Gasteiger partial charge in [0.2, 0.25) is 0 Å². The summed E-state index contributed by atoms with van der Waals surface area (Å²) >= 11 is 0. The largest absolute Gasteiger partial charge is 0.492 e. The molecule has 4 aromatic rings. The summed E-state index contributed by atoms with van der Waals surface area (Å²) in [5, 5.41) is 24.7. The molecule has 0 saturated carbocycles. The van der Waals surface area contributed by atoms with Gasteiger partial charge in [-0.05, 0) is 110 Å². The highest BCUT2D eigenvalue weighted by atomic mass is 31.3. The van der Waals surface area contributed by atoms with Crippen molar-refractivity contribution in [1.82, 2.24) is 14.9 Å². The molecule has 1 amide bonds. The summed E-state index contributed by atoms with van der Waals surface area (Å²) in [7, 11) is -17.2. The van der Waals surface area contributed by atoms with Crippen molar-refractivity contribution in [3.8, 4) is 40.0 Å². The molecule has 3 unspecified atom stereocenters. The second kappa shape index (κ2) is 28.0. The number of benzene rings is 4. The molecule has 3 aromatic carbocycles. The van der Waals surface area contributed by atoms with Crippen LogP contribution in [0.25, 0.3) is 54.3 Å². The molecule has 3 aliphatic rings. The number of phosphoric acid groups is 3. The Bertz CT molecular complexity index is 4070. The van der Waals surface area contributed by atoms with E-state index in [0.717, 1.165) is 27.6 Å². The van der Waals surface area contributed by atoms with Crippen LogP contribution in [0.2, 0.25) is 0 Å². The number of carboxylic acids is 1. The van der Waals surface area contributed by atoms with Crippen molar-refractivity contribution >= 4 is 58.0 Å². The number of phosphoric ester groups is 1. The quantitative estimate of drug-likeness (QED) is 0.00425. The van der Waals surface area contributed by atoms with Crippen LogP contribution in [-0.2, 0) is 47.6 Å². The summed E-state index contributed by atoms with van der Waals surface area (Å²) in [6.45, 7) is 6.11. The van der Waals surface area contributed by atoms with Crippen molar-refractivity contribution in [1.29, 1.82) is 0 Å². The summed E-state index contributed by atoms with van der Waals surface area (Å²) in [4.78, 5) is 115. The summed E-state index contributed by atoms with van der Waals surface area (Å²) in [5.74, 6) is 2.89. The van der Waals surface area contributed by atoms with Gasteiger partial charge in [-0.25, -0.2) is 28.1 Å². The van der Waals surface area contributed by atoms with E-state index in [2.05, 4.69) is 60.7 Å². The number of carbonyl (C=O) groups is 3. The van der Waals surface area contributed by atoms with Gasteiger partial charge < -0.3 is 58.7 Å². The summed E-state index contributed by atoms with van der Waals surface area (Å²) in [6.07, 6.45) is -3.37. The van der Waals surface area contributed by atoms with E-state index in [9.17, 15) is 52.6 Å². The van der Waals surface area contributed by atoms with E-state index in [0.29, 0.717) is 46.3 Å². The first-order chi connectivity index (χ1) is 40.3. The fraction of sp³-hybridized carbons (Fsp3) is 0.320. The zero-order valence-corrected chi connectivity index (χ0v) is 47.8. The number of H-pyrrole nitrogens is 1. The average Bonchev–Trinajstić information content (AvgIpc) is 2.09. The molecule has 85 heavy (non-hydrogen) atoms. The van der Waals surface area contributed by atoms with Gasteiger partial charge in [0, 0.05) is 75.4 Å². The van der Waals surface area contributed by atoms with Crippen LogP contribution in [-0.4, -0.2) is 110 Å². The Labute approximate surface area is 479 Å². The summed E-state index contributed by atoms with van der Waals surface area (Å²) in [6, 6.07) is 15.9. The molecule has 35 heteroatoms. The summed E-state index contributed by atoms with van der Waals surface area (Å²) < 4.78 is 76.8. The molecular formula is C50H52N11O21P3. The molecule has 1 fully saturated rings. The summed E-state index contributed by atoms with van der Waals surface area (Å²) in [5.41, 5.74) is 20.1. The monoisotopic (exact) mass is 1240 g/mol. The predicted molar refractivity (Wildman–Crippen MR) is 298 cm³/mol. The number of anilines is 1. The molecule has 32 nitrogen and oxygen atoms in total. The smallest absolute Gasteiger partial charge is 0.490 e. The Morgan fingerprint density at radius 2 is 1.67 bits per heavy atom. The van der Waals surface area contributed by atoms with Gasteiger partial charge in [-0.2, -0.15) is 8.62 Å². The van der Waals surface area contributed by atoms with Crippen molar-refractivity contribution in [2.45, 2.75) is 59.1 Å². The standard InChI is InChI=1S/C50H52N11O21P3/c1-5-53-38-20-40-36(16-27(38)3)45(37-17-28(4)39(54-6-2)21-41(37)79-40)35-19-29(9-11-34(35)48(64)65)46(62)55-13-15-75-32-10-12-33(31(18-32)23-56-59-51)49(66)76-14-7-8-30-24-61(50(67)58-47(30)63)44-22-42(77-26-57-60-52)43(80-44)25-78-84(71,72)82-85(73,74)81-83(68,69)70/h9-12,16-21,24,42-44,53H,5-6,13-15,22-23,25-26H2,1-4H3,(H,55,62)(H,64,65)(H,71,72)(H,73,74)(H,58,63,67)(H2,68,69,70)/t42?,43-,44-/m1/s1. The second-order valence-electron chi connectivity index (χ2n) is 18.1. The number of fused-ring (bicyclic) bond motifs is 2. The minimum Gasteiger partial charge on any atom is -0.492 e. The lowest BCUT2D eigenvalue weighted by atomic mass is 9.88. The number of aromatic carboxylic acids is 1. The van der Waals surface area contributed by atoms with E-state index in [1.807, 2.05) is 56.9 Å². The zero-order chi connectivity index (χ0) is 61.8. The van der Waals surface area contributed by atoms with Gasteiger partial charge in [-0.1, -0.05) is 22.1 Å². The molecule has 448 valence electrons. The van der Waals surface area contributed by atoms with Crippen LogP contribution < -0.4 is 32.0 Å². The van der Waals surface area contributed by atoms with Crippen LogP contribution in [0.5, 0.6) is 5.75 Å². The molecule has 1 aromatic heterocycles. The number of carboxylic acid groups (broad SMARTS) is 1. The molecular weight excluding hydrogens is 1180 g/mol. The number of nitrogens with zero attached hydrogens (tertiary/aromatic N) is 8. The topological polar surface area (TPSA) is 470 Å². The maximum absolute atomic E-state index is 13.8. The fourth-order valence-corrected chi connectivity index (χ4v) is 11.8. The molecule has 5 atom stereocenters. The van der Waals surface area contributed by atoms with E-state index in [1.54, 1.807) is 0 Å². The molecule has 3 heterocycles. The molecule has 0 bridgehead atoms. The Kier molecular flexibility index (Phi) is 21.1. The number of aryl methyl sites for hydroxylation is 2. The van der Waals surface area contributed by atoms with Crippen LogP contribution in [0, 0.1) is 25.7 Å². The van der Waals surface area contributed by atoms with Crippen molar-refractivity contribution < 1.29 is 89.3 Å². The Balaban J connectivity index is 1.01. The highest BCUT2D eigenvalue weighted by molar-refractivity contribution is 7.66. The third-order valence-electron chi connectivity index (χ3n) is 12.3. The van der Waals surface area contributed by atoms with Gasteiger partial charge in [0.25, 0.3) is 11.5 Å². The number of carbonyl (C=O) groups excluding carboxylic acids is 2. The molecule has 1 saturated heterocycles. The van der Waals surface area contributed by atoms with E-state index in [4.69, 9.17) is 44.2 Å². The maximum atomic E-state index is 13.8. The van der Waals surface area contributed by atoms with E-state index < -0.39 is 90.9 Å². The van der Waals surface area contributed by atoms with Crippen LogP contribution >= 0.6 is 23.5 Å². The molecule has 0 spiro atoms. The van der Waals surface area contributed by atoms with Gasteiger partial charge in [0.1, 0.15) is 48.3 Å². The Morgan fingerprint density at radius 3 is 2.38 bits per heavy atom.